The van der Waals surface area contributed by atoms with Gasteiger partial charge >= 0.3 is 0 Å². The molecule has 3 aromatic carbocycles. The summed E-state index contributed by atoms with van der Waals surface area (Å²) in [5.74, 6) is -0.323. The van der Waals surface area contributed by atoms with Gasteiger partial charge in [-0.05, 0) is 55.8 Å². The van der Waals surface area contributed by atoms with Crippen LogP contribution in [0.2, 0.25) is 0 Å². The van der Waals surface area contributed by atoms with Crippen LogP contribution in [-0.2, 0) is 13.6 Å². The summed E-state index contributed by atoms with van der Waals surface area (Å²) in [7, 11) is 3.77. The van der Waals surface area contributed by atoms with Gasteiger partial charge in [-0.3, -0.25) is 19.2 Å². The summed E-state index contributed by atoms with van der Waals surface area (Å²) in [6, 6.07) is 25.4. The molecule has 230 valence electrons. The van der Waals surface area contributed by atoms with E-state index in [1.165, 1.54) is 21.4 Å². The lowest BCUT2D eigenvalue weighted by atomic mass is 9.98. The Balaban J connectivity index is 1.40. The Hall–Kier alpha value is -4.47. The number of aliphatic hydroxyl groups excluding tert-OH is 1. The quantitative estimate of drug-likeness (QED) is 0.283. The summed E-state index contributed by atoms with van der Waals surface area (Å²) < 4.78 is 8.21. The number of hydrogen-bond acceptors (Lipinski definition) is 6. The largest absolute Gasteiger partial charge is 0.486 e. The van der Waals surface area contributed by atoms with Gasteiger partial charge in [0.25, 0.3) is 11.8 Å². The van der Waals surface area contributed by atoms with E-state index in [9.17, 15) is 14.7 Å². The molecule has 1 aromatic heterocycles. The number of aryl methyl sites for hydroxylation is 2. The smallest absolute Gasteiger partial charge is 0.274 e. The zero-order valence-electron chi connectivity index (χ0n) is 26.0. The Morgan fingerprint density at radius 3 is 2.45 bits per heavy atom. The van der Waals surface area contributed by atoms with E-state index in [2.05, 4.69) is 65.7 Å². The van der Waals surface area contributed by atoms with Crippen LogP contribution in [0.4, 0.5) is 5.69 Å². The van der Waals surface area contributed by atoms with Crippen LogP contribution in [0, 0.1) is 12.8 Å². The molecule has 0 spiro atoms. The highest BCUT2D eigenvalue weighted by Gasteiger charge is 2.34. The molecule has 2 heterocycles. The van der Waals surface area contributed by atoms with Gasteiger partial charge in [-0.15, -0.1) is 0 Å². The van der Waals surface area contributed by atoms with Crippen LogP contribution in [0.3, 0.4) is 0 Å². The maximum atomic E-state index is 13.8. The van der Waals surface area contributed by atoms with Crippen LogP contribution in [-0.4, -0.2) is 75.4 Å². The standard InChI is InChI=1S/C35H41N5O4/c1-23-19-40(25(3)22-41)35(43)29-12-9-13-30(36-34(42)31-18-24(2)37-39(31)5)33(29)44-32(23)21-38(4)20-26-14-16-28(17-15-26)27-10-7-6-8-11-27/h6-18,23,25,32,41H,19-22H2,1-5H3,(H,36,42)/t23-,25+,32-/m1/s1. The summed E-state index contributed by atoms with van der Waals surface area (Å²) >= 11 is 0. The number of fused-ring (bicyclic) bond motifs is 1. The van der Waals surface area contributed by atoms with Gasteiger partial charge in [-0.1, -0.05) is 67.6 Å². The van der Waals surface area contributed by atoms with Gasteiger partial charge in [0, 0.05) is 32.6 Å². The molecule has 0 saturated heterocycles. The second-order valence-corrected chi connectivity index (χ2v) is 11.8. The SMILES string of the molecule is Cc1cc(C(=O)Nc2cccc3c2O[C@H](CN(C)Cc2ccc(-c4ccccc4)cc2)[C@H](C)CN([C@@H](C)CO)C3=O)n(C)n1. The van der Waals surface area contributed by atoms with Gasteiger partial charge in [-0.25, -0.2) is 0 Å². The van der Waals surface area contributed by atoms with Gasteiger partial charge in [0.2, 0.25) is 0 Å². The lowest BCUT2D eigenvalue weighted by Crippen LogP contribution is -2.49. The van der Waals surface area contributed by atoms with Gasteiger partial charge in [0.05, 0.1) is 29.6 Å². The molecule has 9 heteroatoms. The number of aliphatic hydroxyl groups is 1. The molecule has 0 fully saturated rings. The van der Waals surface area contributed by atoms with Crippen molar-refractivity contribution in [3.63, 3.8) is 0 Å². The van der Waals surface area contributed by atoms with E-state index < -0.39 is 0 Å². The minimum absolute atomic E-state index is 0.0625. The summed E-state index contributed by atoms with van der Waals surface area (Å²) in [6.45, 7) is 7.28. The molecule has 44 heavy (non-hydrogen) atoms. The topological polar surface area (TPSA) is 99.9 Å². The predicted octanol–water partition coefficient (Wildman–Crippen LogP) is 5.00. The number of para-hydroxylation sites is 1. The Morgan fingerprint density at radius 1 is 1.09 bits per heavy atom. The minimum atomic E-state index is -0.381. The fraction of sp³-hybridized carbons (Fsp3) is 0.343. The van der Waals surface area contributed by atoms with Gasteiger partial charge in [0.15, 0.2) is 5.75 Å². The molecule has 1 aliphatic rings. The molecule has 4 aromatic rings. The first kappa shape index (κ1) is 31.0. The number of carbonyl (C=O) groups excluding carboxylic acids is 2. The van der Waals surface area contributed by atoms with Crippen molar-refractivity contribution < 1.29 is 19.4 Å². The Labute approximate surface area is 259 Å². The van der Waals surface area contributed by atoms with Crippen LogP contribution < -0.4 is 10.1 Å². The van der Waals surface area contributed by atoms with E-state index in [4.69, 9.17) is 4.74 Å². The van der Waals surface area contributed by atoms with Crippen molar-refractivity contribution in [3.8, 4) is 16.9 Å². The molecule has 2 amide bonds. The molecular formula is C35H41N5O4. The Kier molecular flexibility index (Phi) is 9.46. The third-order valence-corrected chi connectivity index (χ3v) is 8.18. The van der Waals surface area contributed by atoms with E-state index in [0.717, 1.165) is 5.69 Å². The molecule has 0 saturated carbocycles. The number of anilines is 1. The molecule has 1 aliphatic heterocycles. The molecular weight excluding hydrogens is 554 g/mol. The number of likely N-dealkylation sites (N-methyl/N-ethyl adjacent to an activating group) is 1. The summed E-state index contributed by atoms with van der Waals surface area (Å²) in [5.41, 5.74) is 5.42. The zero-order chi connectivity index (χ0) is 31.4. The third-order valence-electron chi connectivity index (χ3n) is 8.18. The number of ether oxygens (including phenoxy) is 1. The predicted molar refractivity (Wildman–Crippen MR) is 172 cm³/mol. The lowest BCUT2D eigenvalue weighted by molar-refractivity contribution is 0.0343. The van der Waals surface area contributed by atoms with E-state index in [1.54, 1.807) is 36.2 Å². The molecule has 5 rings (SSSR count). The van der Waals surface area contributed by atoms with Crippen molar-refractivity contribution in [3.05, 3.63) is 101 Å². The highest BCUT2D eigenvalue weighted by Crippen LogP contribution is 2.35. The number of carbonyl (C=O) groups is 2. The number of rotatable bonds is 9. The maximum Gasteiger partial charge on any atom is 0.274 e. The van der Waals surface area contributed by atoms with Crippen LogP contribution in [0.25, 0.3) is 11.1 Å². The van der Waals surface area contributed by atoms with E-state index in [-0.39, 0.29) is 36.5 Å². The van der Waals surface area contributed by atoms with Crippen LogP contribution in [0.5, 0.6) is 5.75 Å². The summed E-state index contributed by atoms with van der Waals surface area (Å²) in [6.07, 6.45) is -0.305. The number of nitrogens with zero attached hydrogens (tertiary/aromatic N) is 4. The summed E-state index contributed by atoms with van der Waals surface area (Å²) in [4.78, 5) is 31.0. The molecule has 0 unspecified atom stereocenters. The molecule has 3 atom stereocenters. The first-order chi connectivity index (χ1) is 21.1. The number of aromatic nitrogens is 2. The second-order valence-electron chi connectivity index (χ2n) is 11.8. The maximum absolute atomic E-state index is 13.8. The van der Waals surface area contributed by atoms with Crippen LogP contribution in [0.15, 0.2) is 78.9 Å². The number of benzene rings is 3. The average Bonchev–Trinajstić information content (AvgIpc) is 3.37. The first-order valence-electron chi connectivity index (χ1n) is 15.0. The van der Waals surface area contributed by atoms with Crippen molar-refractivity contribution >= 4 is 17.5 Å². The minimum Gasteiger partial charge on any atom is -0.486 e. The fourth-order valence-corrected chi connectivity index (χ4v) is 5.69. The van der Waals surface area contributed by atoms with E-state index in [0.29, 0.717) is 42.3 Å². The second kappa shape index (κ2) is 13.4. The van der Waals surface area contributed by atoms with Gasteiger partial charge in [0.1, 0.15) is 11.8 Å². The third kappa shape index (κ3) is 6.85. The number of amides is 2. The average molecular weight is 596 g/mol. The molecule has 2 N–H and O–H groups in total. The highest BCUT2D eigenvalue weighted by molar-refractivity contribution is 6.06. The van der Waals surface area contributed by atoms with Gasteiger partial charge < -0.3 is 20.1 Å². The van der Waals surface area contributed by atoms with Gasteiger partial charge in [-0.2, -0.15) is 5.10 Å². The van der Waals surface area contributed by atoms with Crippen LogP contribution >= 0.6 is 0 Å². The zero-order valence-corrected chi connectivity index (χ0v) is 26.0. The van der Waals surface area contributed by atoms with Crippen molar-refractivity contribution in [2.75, 3.05) is 32.1 Å². The van der Waals surface area contributed by atoms with Crippen molar-refractivity contribution in [1.29, 1.82) is 0 Å². The molecule has 0 bridgehead atoms. The number of nitrogens with one attached hydrogen (secondary N) is 1. The molecule has 0 radical (unpaired) electrons. The Bertz CT molecular complexity index is 1600. The molecule has 0 aliphatic carbocycles. The molecule has 9 nitrogen and oxygen atoms in total. The van der Waals surface area contributed by atoms with E-state index >= 15 is 0 Å². The highest BCUT2D eigenvalue weighted by atomic mass is 16.5. The van der Waals surface area contributed by atoms with Crippen molar-refractivity contribution in [1.82, 2.24) is 19.6 Å². The number of hydrogen-bond donors (Lipinski definition) is 2. The normalized spacial score (nSPS) is 17.4. The van der Waals surface area contributed by atoms with E-state index in [1.807, 2.05) is 32.0 Å². The lowest BCUT2D eigenvalue weighted by Gasteiger charge is -2.38. The first-order valence-corrected chi connectivity index (χ1v) is 15.0. The van der Waals surface area contributed by atoms with Crippen LogP contribution in [0.1, 0.15) is 46.0 Å². The van der Waals surface area contributed by atoms with Crippen molar-refractivity contribution in [2.24, 2.45) is 13.0 Å². The fourth-order valence-electron chi connectivity index (χ4n) is 5.69. The Morgan fingerprint density at radius 2 is 1.80 bits per heavy atom. The monoisotopic (exact) mass is 595 g/mol. The van der Waals surface area contributed by atoms with Crippen molar-refractivity contribution in [2.45, 2.75) is 39.5 Å². The summed E-state index contributed by atoms with van der Waals surface area (Å²) in [5, 5.41) is 17.2.